The molecule has 0 unspecified atom stereocenters. The van der Waals surface area contributed by atoms with Gasteiger partial charge in [0.25, 0.3) is 0 Å². The van der Waals surface area contributed by atoms with Crippen LogP contribution < -0.4 is 11.1 Å². The van der Waals surface area contributed by atoms with E-state index in [1.165, 1.54) is 0 Å². The molecule has 1 atom stereocenters. The molecule has 0 fully saturated rings. The fraction of sp³-hybridized carbons (Fsp3) is 0.333. The van der Waals surface area contributed by atoms with Crippen LogP contribution in [0.3, 0.4) is 0 Å². The molecule has 0 aliphatic rings. The zero-order chi connectivity index (χ0) is 15.7. The number of aromatic nitrogens is 2. The van der Waals surface area contributed by atoms with Gasteiger partial charge in [-0.15, -0.1) is 11.3 Å². The van der Waals surface area contributed by atoms with Crippen LogP contribution in [0.5, 0.6) is 0 Å². The van der Waals surface area contributed by atoms with Gasteiger partial charge in [-0.2, -0.15) is 4.98 Å². The molecule has 7 heteroatoms. The summed E-state index contributed by atoms with van der Waals surface area (Å²) >= 11 is 7.69. The van der Waals surface area contributed by atoms with E-state index in [2.05, 4.69) is 22.2 Å². The van der Waals surface area contributed by atoms with Crippen LogP contribution in [0.25, 0.3) is 10.2 Å². The molecule has 116 valence electrons. The average molecular weight is 337 g/mol. The van der Waals surface area contributed by atoms with E-state index in [1.807, 2.05) is 19.1 Å². The van der Waals surface area contributed by atoms with Crippen LogP contribution in [0.1, 0.15) is 35.6 Å². The quantitative estimate of drug-likeness (QED) is 0.680. The summed E-state index contributed by atoms with van der Waals surface area (Å²) in [4.78, 5) is 9.81. The van der Waals surface area contributed by atoms with Crippen LogP contribution in [-0.2, 0) is 6.54 Å². The fourth-order valence-electron chi connectivity index (χ4n) is 2.32. The van der Waals surface area contributed by atoms with Crippen LogP contribution in [-0.4, -0.2) is 9.97 Å². The molecule has 0 saturated carbocycles. The van der Waals surface area contributed by atoms with Gasteiger partial charge in [-0.1, -0.05) is 6.92 Å². The van der Waals surface area contributed by atoms with Crippen LogP contribution in [0.4, 0.5) is 5.82 Å². The second-order valence-corrected chi connectivity index (χ2v) is 6.45. The zero-order valence-electron chi connectivity index (χ0n) is 12.4. The first kappa shape index (κ1) is 15.3. The van der Waals surface area contributed by atoms with E-state index in [0.717, 1.165) is 32.8 Å². The number of hydrogen-bond acceptors (Lipinski definition) is 6. The number of nitrogens with zero attached hydrogens (tertiary/aromatic N) is 2. The summed E-state index contributed by atoms with van der Waals surface area (Å²) in [5, 5.41) is 3.50. The molecule has 5 nitrogen and oxygen atoms in total. The molecule has 0 bridgehead atoms. The Hall–Kier alpha value is -1.63. The summed E-state index contributed by atoms with van der Waals surface area (Å²) in [7, 11) is 0. The van der Waals surface area contributed by atoms with Crippen molar-refractivity contribution in [2.45, 2.75) is 32.9 Å². The number of halogens is 1. The highest BCUT2D eigenvalue weighted by molar-refractivity contribution is 7.19. The van der Waals surface area contributed by atoms with Crippen molar-refractivity contribution in [3.63, 3.8) is 0 Å². The lowest BCUT2D eigenvalue weighted by atomic mass is 10.1. The minimum Gasteiger partial charge on any atom is -0.467 e. The number of hydrogen-bond donors (Lipinski definition) is 2. The Labute approximate surface area is 137 Å². The van der Waals surface area contributed by atoms with Crippen LogP contribution >= 0.6 is 22.9 Å². The predicted octanol–water partition coefficient (Wildman–Crippen LogP) is 4.27. The highest BCUT2D eigenvalue weighted by Crippen LogP contribution is 2.38. The molecule has 3 N–H and O–H groups in total. The Morgan fingerprint density at radius 2 is 2.27 bits per heavy atom. The first-order chi connectivity index (χ1) is 10.6. The lowest BCUT2D eigenvalue weighted by Crippen LogP contribution is -2.07. The van der Waals surface area contributed by atoms with Crippen molar-refractivity contribution in [3.05, 3.63) is 39.9 Å². The van der Waals surface area contributed by atoms with Crippen molar-refractivity contribution in [2.75, 3.05) is 5.32 Å². The topological polar surface area (TPSA) is 77.0 Å². The highest BCUT2D eigenvalue weighted by atomic mass is 35.5. The van der Waals surface area contributed by atoms with Crippen molar-refractivity contribution >= 4 is 39.0 Å². The molecule has 0 saturated heterocycles. The monoisotopic (exact) mass is 336 g/mol. The maximum atomic E-state index is 6.19. The van der Waals surface area contributed by atoms with E-state index in [1.54, 1.807) is 17.6 Å². The van der Waals surface area contributed by atoms with Gasteiger partial charge in [-0.25, -0.2) is 4.98 Å². The molecule has 3 rings (SSSR count). The number of nitrogens with one attached hydrogen (secondary N) is 1. The van der Waals surface area contributed by atoms with Crippen molar-refractivity contribution in [3.8, 4) is 0 Å². The predicted molar refractivity (Wildman–Crippen MR) is 90.4 cm³/mol. The van der Waals surface area contributed by atoms with Gasteiger partial charge in [0.1, 0.15) is 11.6 Å². The summed E-state index contributed by atoms with van der Waals surface area (Å²) in [5.74, 6) is 1.55. The third-order valence-electron chi connectivity index (χ3n) is 3.56. The number of nitrogens with two attached hydrogens (primary N) is 1. The van der Waals surface area contributed by atoms with Crippen LogP contribution in [0.15, 0.2) is 22.8 Å². The smallest absolute Gasteiger partial charge is 0.224 e. The molecular formula is C15H17ClN4OS. The molecule has 0 aliphatic carbocycles. The van der Waals surface area contributed by atoms with Crippen molar-refractivity contribution in [2.24, 2.45) is 5.73 Å². The van der Waals surface area contributed by atoms with Gasteiger partial charge in [-0.3, -0.25) is 0 Å². The van der Waals surface area contributed by atoms with Crippen LogP contribution in [0, 0.1) is 6.92 Å². The third-order valence-corrected chi connectivity index (χ3v) is 5.15. The average Bonchev–Trinajstić information content (AvgIpc) is 3.13. The van der Waals surface area contributed by atoms with Crippen LogP contribution in [0.2, 0.25) is 5.28 Å². The minimum atomic E-state index is 0.0101. The fourth-order valence-corrected chi connectivity index (χ4v) is 3.79. The Bertz CT molecular complexity index is 785. The van der Waals surface area contributed by atoms with E-state index in [9.17, 15) is 0 Å². The van der Waals surface area contributed by atoms with Crippen molar-refractivity contribution in [1.82, 2.24) is 9.97 Å². The number of thiophene rings is 1. The SMILES string of the molecule is CC[C@@H](N)c1sc2c(NCc3ccco3)nc(Cl)nc2c1C. The molecule has 22 heavy (non-hydrogen) atoms. The molecule has 0 radical (unpaired) electrons. The summed E-state index contributed by atoms with van der Waals surface area (Å²) < 4.78 is 6.31. The second kappa shape index (κ2) is 6.24. The highest BCUT2D eigenvalue weighted by Gasteiger charge is 2.18. The molecule has 3 aromatic heterocycles. The molecule has 0 aromatic carbocycles. The van der Waals surface area contributed by atoms with E-state index < -0.39 is 0 Å². The van der Waals surface area contributed by atoms with Gasteiger partial charge in [0.15, 0.2) is 0 Å². The largest absolute Gasteiger partial charge is 0.467 e. The maximum absolute atomic E-state index is 6.19. The third kappa shape index (κ3) is 2.82. The Balaban J connectivity index is 2.01. The number of fused-ring (bicyclic) bond motifs is 1. The summed E-state index contributed by atoms with van der Waals surface area (Å²) in [6, 6.07) is 3.77. The van der Waals surface area contributed by atoms with E-state index in [4.69, 9.17) is 21.8 Å². The first-order valence-corrected chi connectivity index (χ1v) is 8.28. The van der Waals surface area contributed by atoms with Gasteiger partial charge in [0.05, 0.1) is 23.0 Å². The second-order valence-electron chi connectivity index (χ2n) is 5.06. The van der Waals surface area contributed by atoms with Gasteiger partial charge in [-0.05, 0) is 42.6 Å². The molecular weight excluding hydrogens is 320 g/mol. The molecule has 3 heterocycles. The van der Waals surface area contributed by atoms with Gasteiger partial charge < -0.3 is 15.5 Å². The minimum absolute atomic E-state index is 0.0101. The van der Waals surface area contributed by atoms with E-state index in [0.29, 0.717) is 12.4 Å². The Morgan fingerprint density at radius 3 is 2.95 bits per heavy atom. The number of aryl methyl sites for hydroxylation is 1. The standard InChI is InChI=1S/C15H17ClN4OS/c1-3-10(17)12-8(2)11-13(22-12)14(20-15(16)19-11)18-7-9-5-4-6-21-9/h4-6,10H,3,7,17H2,1-2H3,(H,18,19,20)/t10-/m1/s1. The lowest BCUT2D eigenvalue weighted by molar-refractivity contribution is 0.518. The number of rotatable bonds is 5. The van der Waals surface area contributed by atoms with Gasteiger partial charge >= 0.3 is 0 Å². The Morgan fingerprint density at radius 1 is 1.45 bits per heavy atom. The lowest BCUT2D eigenvalue weighted by Gasteiger charge is -2.06. The van der Waals surface area contributed by atoms with Gasteiger partial charge in [0.2, 0.25) is 5.28 Å². The Kier molecular flexibility index (Phi) is 4.33. The molecule has 0 amide bonds. The molecule has 3 aromatic rings. The number of furan rings is 1. The number of anilines is 1. The molecule has 0 spiro atoms. The first-order valence-electron chi connectivity index (χ1n) is 7.08. The van der Waals surface area contributed by atoms with E-state index >= 15 is 0 Å². The van der Waals surface area contributed by atoms with E-state index in [-0.39, 0.29) is 11.3 Å². The molecule has 0 aliphatic heterocycles. The maximum Gasteiger partial charge on any atom is 0.224 e. The van der Waals surface area contributed by atoms with Gasteiger partial charge in [0, 0.05) is 10.9 Å². The summed E-state index contributed by atoms with van der Waals surface area (Å²) in [5.41, 5.74) is 8.14. The van der Waals surface area contributed by atoms with Crippen molar-refractivity contribution < 1.29 is 4.42 Å². The zero-order valence-corrected chi connectivity index (χ0v) is 14.0. The summed E-state index contributed by atoms with van der Waals surface area (Å²) in [6.45, 7) is 4.65. The normalized spacial score (nSPS) is 12.7. The summed E-state index contributed by atoms with van der Waals surface area (Å²) in [6.07, 6.45) is 2.53. The van der Waals surface area contributed by atoms with Crippen molar-refractivity contribution in [1.29, 1.82) is 0 Å².